The molecule has 0 fully saturated rings. The Balaban J connectivity index is 1.75. The lowest BCUT2D eigenvalue weighted by molar-refractivity contribution is -0.119. The molecule has 0 heterocycles. The molecule has 108 valence electrons. The fourth-order valence-electron chi connectivity index (χ4n) is 1.61. The van der Waals surface area contributed by atoms with E-state index < -0.39 is 0 Å². The monoisotopic (exact) mass is 300 g/mol. The SMILES string of the molecule is Cc1ccc(SCC(=O)NNC(=O)c2ccccc2)cc1. The number of hydrazine groups is 1. The highest BCUT2D eigenvalue weighted by atomic mass is 32.2. The molecular weight excluding hydrogens is 284 g/mol. The number of benzene rings is 2. The summed E-state index contributed by atoms with van der Waals surface area (Å²) in [6.07, 6.45) is 0. The van der Waals surface area contributed by atoms with Crippen LogP contribution in [0.25, 0.3) is 0 Å². The van der Waals surface area contributed by atoms with Crippen molar-refractivity contribution in [2.75, 3.05) is 5.75 Å². The fraction of sp³-hybridized carbons (Fsp3) is 0.125. The van der Waals surface area contributed by atoms with Crippen molar-refractivity contribution in [2.24, 2.45) is 0 Å². The predicted octanol–water partition coefficient (Wildman–Crippen LogP) is 2.55. The molecule has 4 nitrogen and oxygen atoms in total. The highest BCUT2D eigenvalue weighted by Gasteiger charge is 2.07. The Bertz CT molecular complexity index is 612. The second-order valence-electron chi connectivity index (χ2n) is 4.47. The Morgan fingerprint density at radius 2 is 1.62 bits per heavy atom. The lowest BCUT2D eigenvalue weighted by atomic mass is 10.2. The van der Waals surface area contributed by atoms with Crippen LogP contribution in [0, 0.1) is 6.92 Å². The van der Waals surface area contributed by atoms with Crippen molar-refractivity contribution >= 4 is 23.6 Å². The molecule has 0 saturated heterocycles. The summed E-state index contributed by atoms with van der Waals surface area (Å²) in [7, 11) is 0. The minimum absolute atomic E-state index is 0.246. The number of nitrogens with one attached hydrogen (secondary N) is 2. The third-order valence-electron chi connectivity index (χ3n) is 2.74. The Morgan fingerprint density at radius 1 is 0.952 bits per heavy atom. The molecule has 0 aliphatic carbocycles. The second kappa shape index (κ2) is 7.50. The Morgan fingerprint density at radius 3 is 2.29 bits per heavy atom. The first-order chi connectivity index (χ1) is 10.1. The largest absolute Gasteiger partial charge is 0.272 e. The van der Waals surface area contributed by atoms with Gasteiger partial charge in [0.05, 0.1) is 5.75 Å². The standard InChI is InChI=1S/C16H16N2O2S/c1-12-7-9-14(10-8-12)21-11-15(19)17-18-16(20)13-5-3-2-4-6-13/h2-10H,11H2,1H3,(H,17,19)(H,18,20). The molecule has 0 aliphatic rings. The third-order valence-corrected chi connectivity index (χ3v) is 3.75. The molecule has 0 bridgehead atoms. The molecule has 0 atom stereocenters. The van der Waals surface area contributed by atoms with E-state index in [1.807, 2.05) is 37.3 Å². The molecule has 0 aliphatic heterocycles. The molecule has 21 heavy (non-hydrogen) atoms. The number of hydrogen-bond donors (Lipinski definition) is 2. The molecule has 0 radical (unpaired) electrons. The zero-order valence-corrected chi connectivity index (χ0v) is 12.4. The van der Waals surface area contributed by atoms with Gasteiger partial charge in [-0.1, -0.05) is 35.9 Å². The fourth-order valence-corrected chi connectivity index (χ4v) is 2.31. The van der Waals surface area contributed by atoms with Gasteiger partial charge in [0, 0.05) is 10.5 Å². The molecule has 2 aromatic carbocycles. The van der Waals surface area contributed by atoms with Crippen LogP contribution in [0.15, 0.2) is 59.5 Å². The highest BCUT2D eigenvalue weighted by molar-refractivity contribution is 8.00. The van der Waals surface area contributed by atoms with Crippen molar-refractivity contribution in [3.8, 4) is 0 Å². The lowest BCUT2D eigenvalue weighted by Crippen LogP contribution is -2.42. The average molecular weight is 300 g/mol. The number of carbonyl (C=O) groups excluding carboxylic acids is 2. The number of carbonyl (C=O) groups is 2. The smallest absolute Gasteiger partial charge is 0.269 e. The van der Waals surface area contributed by atoms with E-state index in [9.17, 15) is 9.59 Å². The molecule has 0 saturated carbocycles. The van der Waals surface area contributed by atoms with Crippen LogP contribution in [0.3, 0.4) is 0 Å². The molecule has 0 aromatic heterocycles. The van der Waals surface area contributed by atoms with Crippen molar-refractivity contribution in [3.63, 3.8) is 0 Å². The van der Waals surface area contributed by atoms with Crippen molar-refractivity contribution < 1.29 is 9.59 Å². The van der Waals surface area contributed by atoms with E-state index in [2.05, 4.69) is 10.9 Å². The zero-order chi connectivity index (χ0) is 15.1. The molecule has 5 heteroatoms. The van der Waals surface area contributed by atoms with Crippen molar-refractivity contribution in [2.45, 2.75) is 11.8 Å². The summed E-state index contributed by atoms with van der Waals surface area (Å²) in [5.41, 5.74) is 6.48. The lowest BCUT2D eigenvalue weighted by Gasteiger charge is -2.07. The van der Waals surface area contributed by atoms with E-state index in [0.717, 1.165) is 4.90 Å². The number of thioether (sulfide) groups is 1. The van der Waals surface area contributed by atoms with E-state index >= 15 is 0 Å². The van der Waals surface area contributed by atoms with Crippen LogP contribution in [0.5, 0.6) is 0 Å². The third kappa shape index (κ3) is 4.96. The van der Waals surface area contributed by atoms with Gasteiger partial charge >= 0.3 is 0 Å². The predicted molar refractivity (Wildman–Crippen MR) is 84.0 cm³/mol. The molecule has 0 spiro atoms. The summed E-state index contributed by atoms with van der Waals surface area (Å²) in [4.78, 5) is 24.4. The maximum atomic E-state index is 11.7. The molecular formula is C16H16N2O2S. The summed E-state index contributed by atoms with van der Waals surface area (Å²) in [6, 6.07) is 16.7. The van der Waals surface area contributed by atoms with Gasteiger partial charge in [-0.2, -0.15) is 0 Å². The first-order valence-electron chi connectivity index (χ1n) is 6.49. The summed E-state index contributed by atoms with van der Waals surface area (Å²) in [6.45, 7) is 2.01. The molecule has 2 N–H and O–H groups in total. The highest BCUT2D eigenvalue weighted by Crippen LogP contribution is 2.17. The van der Waals surface area contributed by atoms with Crippen LogP contribution >= 0.6 is 11.8 Å². The van der Waals surface area contributed by atoms with Gasteiger partial charge in [-0.25, -0.2) is 0 Å². The Kier molecular flexibility index (Phi) is 5.40. The van der Waals surface area contributed by atoms with Gasteiger partial charge in [0.1, 0.15) is 0 Å². The van der Waals surface area contributed by atoms with E-state index in [1.54, 1.807) is 24.3 Å². The van der Waals surface area contributed by atoms with Gasteiger partial charge < -0.3 is 0 Å². The van der Waals surface area contributed by atoms with Gasteiger partial charge in [-0.15, -0.1) is 11.8 Å². The van der Waals surface area contributed by atoms with Crippen LogP contribution in [0.4, 0.5) is 0 Å². The van der Waals surface area contributed by atoms with Gasteiger partial charge in [0.2, 0.25) is 5.91 Å². The topological polar surface area (TPSA) is 58.2 Å². The van der Waals surface area contributed by atoms with Crippen molar-refractivity contribution in [1.29, 1.82) is 0 Å². The normalized spacial score (nSPS) is 9.95. The number of amides is 2. The van der Waals surface area contributed by atoms with Gasteiger partial charge in [0.15, 0.2) is 0 Å². The molecule has 2 rings (SSSR count). The van der Waals surface area contributed by atoms with Crippen LogP contribution in [0.1, 0.15) is 15.9 Å². The number of rotatable bonds is 4. The number of hydrogen-bond acceptors (Lipinski definition) is 3. The summed E-state index contributed by atoms with van der Waals surface area (Å²) in [5.74, 6) is -0.327. The van der Waals surface area contributed by atoms with Crippen molar-refractivity contribution in [3.05, 3.63) is 65.7 Å². The summed E-state index contributed by atoms with van der Waals surface area (Å²) >= 11 is 1.42. The van der Waals surface area contributed by atoms with Crippen LogP contribution < -0.4 is 10.9 Å². The Labute approximate surface area is 127 Å². The van der Waals surface area contributed by atoms with Crippen LogP contribution in [-0.2, 0) is 4.79 Å². The maximum absolute atomic E-state index is 11.7. The van der Waals surface area contributed by atoms with E-state index in [-0.39, 0.29) is 17.6 Å². The average Bonchev–Trinajstić information content (AvgIpc) is 2.53. The molecule has 0 unspecified atom stereocenters. The maximum Gasteiger partial charge on any atom is 0.269 e. The minimum atomic E-state index is -0.329. The molecule has 2 amide bonds. The van der Waals surface area contributed by atoms with Crippen LogP contribution in [0.2, 0.25) is 0 Å². The van der Waals surface area contributed by atoms with Gasteiger partial charge in [0.25, 0.3) is 5.91 Å². The minimum Gasteiger partial charge on any atom is -0.272 e. The summed E-state index contributed by atoms with van der Waals surface area (Å²) < 4.78 is 0. The quantitative estimate of drug-likeness (QED) is 0.674. The van der Waals surface area contributed by atoms with Crippen molar-refractivity contribution in [1.82, 2.24) is 10.9 Å². The van der Waals surface area contributed by atoms with E-state index in [1.165, 1.54) is 17.3 Å². The van der Waals surface area contributed by atoms with Gasteiger partial charge in [-0.05, 0) is 31.2 Å². The van der Waals surface area contributed by atoms with E-state index in [4.69, 9.17) is 0 Å². The van der Waals surface area contributed by atoms with E-state index in [0.29, 0.717) is 5.56 Å². The molecule has 2 aromatic rings. The second-order valence-corrected chi connectivity index (χ2v) is 5.52. The zero-order valence-electron chi connectivity index (χ0n) is 11.6. The first kappa shape index (κ1) is 15.1. The summed E-state index contributed by atoms with van der Waals surface area (Å²) in [5, 5.41) is 0. The van der Waals surface area contributed by atoms with Crippen LogP contribution in [-0.4, -0.2) is 17.6 Å². The van der Waals surface area contributed by atoms with Gasteiger partial charge in [-0.3, -0.25) is 20.4 Å². The Hall–Kier alpha value is -2.27. The number of aryl methyl sites for hydroxylation is 1. The first-order valence-corrected chi connectivity index (χ1v) is 7.47.